The summed E-state index contributed by atoms with van der Waals surface area (Å²) >= 11 is 1.69. The lowest BCUT2D eigenvalue weighted by molar-refractivity contribution is 0.0962. The van der Waals surface area contributed by atoms with Crippen molar-refractivity contribution in [3.8, 4) is 5.75 Å². The number of carbonyl (C=O) groups excluding carboxylic acids is 1. The highest BCUT2D eigenvalue weighted by atomic mass is 35.5. The molecular formula is C19H25ClN2O2S. The van der Waals surface area contributed by atoms with Crippen LogP contribution < -0.4 is 4.90 Å². The average molecular weight is 381 g/mol. The number of hydrogen-bond donors (Lipinski definition) is 1. The van der Waals surface area contributed by atoms with E-state index in [0.717, 1.165) is 48.9 Å². The fraction of sp³-hybridized carbons (Fsp3) is 0.421. The maximum absolute atomic E-state index is 12.4. The second-order valence-electron chi connectivity index (χ2n) is 6.32. The number of hydrogen-bond acceptors (Lipinski definition) is 5. The van der Waals surface area contributed by atoms with Gasteiger partial charge >= 0.3 is 0 Å². The molecule has 1 N–H and O–H groups in total. The molecule has 1 aliphatic heterocycles. The van der Waals surface area contributed by atoms with Crippen LogP contribution in [-0.4, -0.2) is 48.5 Å². The number of piperazine rings is 1. The number of phenols is 1. The van der Waals surface area contributed by atoms with E-state index in [9.17, 15) is 9.90 Å². The minimum atomic E-state index is 0. The highest BCUT2D eigenvalue weighted by molar-refractivity contribution is 7.12. The van der Waals surface area contributed by atoms with Gasteiger partial charge in [0.25, 0.3) is 0 Å². The largest absolute Gasteiger partial charge is 0.506 e. The first-order chi connectivity index (χ1) is 11.5. The SMILES string of the molecule is Cc1cc(C(=O)CCN2CCN(c3ccccc3O)CC2)c(C)s1.Cl. The maximum atomic E-state index is 12.4. The third-order valence-corrected chi connectivity index (χ3v) is 5.56. The van der Waals surface area contributed by atoms with Gasteiger partial charge < -0.3 is 10.0 Å². The summed E-state index contributed by atoms with van der Waals surface area (Å²) in [4.78, 5) is 19.3. The number of phenolic OH excluding ortho intramolecular Hbond substituents is 1. The van der Waals surface area contributed by atoms with Gasteiger partial charge in [-0.25, -0.2) is 0 Å². The maximum Gasteiger partial charge on any atom is 0.165 e. The van der Waals surface area contributed by atoms with Crippen molar-refractivity contribution in [3.63, 3.8) is 0 Å². The van der Waals surface area contributed by atoms with Crippen molar-refractivity contribution < 1.29 is 9.90 Å². The topological polar surface area (TPSA) is 43.8 Å². The molecular weight excluding hydrogens is 356 g/mol. The number of carbonyl (C=O) groups is 1. The fourth-order valence-electron chi connectivity index (χ4n) is 3.25. The molecule has 0 unspecified atom stereocenters. The molecule has 1 fully saturated rings. The first kappa shape index (κ1) is 19.8. The van der Waals surface area contributed by atoms with Crippen molar-refractivity contribution in [2.75, 3.05) is 37.6 Å². The number of thiophene rings is 1. The predicted octanol–water partition coefficient (Wildman–Crippen LogP) is 3.89. The Kier molecular flexibility index (Phi) is 6.87. The van der Waals surface area contributed by atoms with E-state index in [1.165, 1.54) is 4.88 Å². The third-order valence-electron chi connectivity index (χ3n) is 4.59. The van der Waals surface area contributed by atoms with Crippen LogP contribution >= 0.6 is 23.7 Å². The van der Waals surface area contributed by atoms with Crippen molar-refractivity contribution in [1.82, 2.24) is 4.90 Å². The van der Waals surface area contributed by atoms with Gasteiger partial charge in [0, 0.05) is 54.5 Å². The number of aryl methyl sites for hydroxylation is 2. The average Bonchev–Trinajstić information content (AvgIpc) is 2.92. The van der Waals surface area contributed by atoms with E-state index in [-0.39, 0.29) is 18.2 Å². The summed E-state index contributed by atoms with van der Waals surface area (Å²) in [6.45, 7) is 8.47. The first-order valence-corrected chi connectivity index (χ1v) is 9.22. The Morgan fingerprint density at radius 1 is 1.16 bits per heavy atom. The molecule has 3 rings (SSSR count). The van der Waals surface area contributed by atoms with Gasteiger partial charge in [-0.3, -0.25) is 9.69 Å². The molecule has 0 spiro atoms. The number of ketones is 1. The van der Waals surface area contributed by atoms with E-state index >= 15 is 0 Å². The molecule has 6 heteroatoms. The van der Waals surface area contributed by atoms with Gasteiger partial charge in [0.15, 0.2) is 5.78 Å². The van der Waals surface area contributed by atoms with Gasteiger partial charge in [-0.15, -0.1) is 23.7 Å². The lowest BCUT2D eigenvalue weighted by Crippen LogP contribution is -2.46. The van der Waals surface area contributed by atoms with E-state index in [1.807, 2.05) is 38.1 Å². The molecule has 2 heterocycles. The van der Waals surface area contributed by atoms with Crippen molar-refractivity contribution in [1.29, 1.82) is 0 Å². The molecule has 1 aliphatic rings. The number of nitrogens with zero attached hydrogens (tertiary/aromatic N) is 2. The summed E-state index contributed by atoms with van der Waals surface area (Å²) in [7, 11) is 0. The zero-order valence-corrected chi connectivity index (χ0v) is 16.3. The summed E-state index contributed by atoms with van der Waals surface area (Å²) in [5.74, 6) is 0.587. The molecule has 1 aromatic carbocycles. The van der Waals surface area contributed by atoms with Gasteiger partial charge in [-0.1, -0.05) is 12.1 Å². The summed E-state index contributed by atoms with van der Waals surface area (Å²) in [5, 5.41) is 9.96. The quantitative estimate of drug-likeness (QED) is 0.799. The fourth-order valence-corrected chi connectivity index (χ4v) is 4.19. The molecule has 25 heavy (non-hydrogen) atoms. The van der Waals surface area contributed by atoms with Gasteiger partial charge in [0.2, 0.25) is 0 Å². The van der Waals surface area contributed by atoms with Gasteiger partial charge in [-0.05, 0) is 32.0 Å². The van der Waals surface area contributed by atoms with Crippen molar-refractivity contribution in [2.24, 2.45) is 0 Å². The molecule has 136 valence electrons. The summed E-state index contributed by atoms with van der Waals surface area (Å²) in [6.07, 6.45) is 0.577. The van der Waals surface area contributed by atoms with Crippen LogP contribution in [-0.2, 0) is 0 Å². The lowest BCUT2D eigenvalue weighted by Gasteiger charge is -2.36. The summed E-state index contributed by atoms with van der Waals surface area (Å²) in [6, 6.07) is 9.49. The van der Waals surface area contributed by atoms with E-state index in [0.29, 0.717) is 12.2 Å². The van der Waals surface area contributed by atoms with Crippen LogP contribution in [0.3, 0.4) is 0 Å². The smallest absolute Gasteiger partial charge is 0.165 e. The summed E-state index contributed by atoms with van der Waals surface area (Å²) in [5.41, 5.74) is 1.79. The summed E-state index contributed by atoms with van der Waals surface area (Å²) < 4.78 is 0. The van der Waals surface area contributed by atoms with E-state index < -0.39 is 0 Å². The minimum absolute atomic E-state index is 0. The Morgan fingerprint density at radius 3 is 2.44 bits per heavy atom. The van der Waals surface area contributed by atoms with Crippen LogP contribution in [0.2, 0.25) is 0 Å². The van der Waals surface area contributed by atoms with Crippen LogP contribution in [0.5, 0.6) is 5.75 Å². The van der Waals surface area contributed by atoms with E-state index in [2.05, 4.69) is 9.80 Å². The Balaban J connectivity index is 0.00000225. The van der Waals surface area contributed by atoms with E-state index in [1.54, 1.807) is 17.4 Å². The standard InChI is InChI=1S/C19H24N2O2S.ClH/c1-14-13-16(15(2)24-14)18(22)7-8-20-9-11-21(12-10-20)17-5-3-4-6-19(17)23;/h3-6,13,23H,7-12H2,1-2H3;1H. The van der Waals surface area contributed by atoms with Crippen molar-refractivity contribution in [3.05, 3.63) is 45.6 Å². The predicted molar refractivity (Wildman–Crippen MR) is 107 cm³/mol. The normalized spacial score (nSPS) is 15.0. The van der Waals surface area contributed by atoms with Gasteiger partial charge in [0.05, 0.1) is 5.69 Å². The van der Waals surface area contributed by atoms with Crippen molar-refractivity contribution >= 4 is 35.2 Å². The molecule has 1 aromatic heterocycles. The number of anilines is 1. The molecule has 0 amide bonds. The minimum Gasteiger partial charge on any atom is -0.506 e. The van der Waals surface area contributed by atoms with Gasteiger partial charge in [0.1, 0.15) is 5.75 Å². The molecule has 0 atom stereocenters. The number of rotatable bonds is 5. The zero-order chi connectivity index (χ0) is 17.1. The Labute approximate surface area is 159 Å². The molecule has 1 saturated heterocycles. The highest BCUT2D eigenvalue weighted by Crippen LogP contribution is 2.27. The lowest BCUT2D eigenvalue weighted by atomic mass is 10.1. The third kappa shape index (κ3) is 4.75. The molecule has 4 nitrogen and oxygen atoms in total. The molecule has 0 radical (unpaired) electrons. The van der Waals surface area contributed by atoms with Crippen LogP contribution in [0.15, 0.2) is 30.3 Å². The van der Waals surface area contributed by atoms with Crippen LogP contribution in [0.4, 0.5) is 5.69 Å². The molecule has 2 aromatic rings. The number of halogens is 1. The highest BCUT2D eigenvalue weighted by Gasteiger charge is 2.20. The van der Waals surface area contributed by atoms with Crippen molar-refractivity contribution in [2.45, 2.75) is 20.3 Å². The first-order valence-electron chi connectivity index (χ1n) is 8.40. The second-order valence-corrected chi connectivity index (χ2v) is 7.78. The second kappa shape index (κ2) is 8.70. The van der Waals surface area contributed by atoms with Crippen LogP contribution in [0.25, 0.3) is 0 Å². The number of aromatic hydroxyl groups is 1. The zero-order valence-electron chi connectivity index (χ0n) is 14.7. The Bertz CT molecular complexity index is 724. The molecule has 0 saturated carbocycles. The number of para-hydroxylation sites is 2. The van der Waals surface area contributed by atoms with E-state index in [4.69, 9.17) is 0 Å². The van der Waals surface area contributed by atoms with Crippen LogP contribution in [0, 0.1) is 13.8 Å². The number of benzene rings is 1. The molecule has 0 bridgehead atoms. The number of Topliss-reactive ketones (excluding diaryl/α,β-unsaturated/α-hetero) is 1. The molecule has 0 aliphatic carbocycles. The van der Waals surface area contributed by atoms with Gasteiger partial charge in [-0.2, -0.15) is 0 Å². The monoisotopic (exact) mass is 380 g/mol. The Morgan fingerprint density at radius 2 is 1.84 bits per heavy atom. The van der Waals surface area contributed by atoms with Crippen LogP contribution in [0.1, 0.15) is 26.5 Å². The Hall–Kier alpha value is -1.56.